The summed E-state index contributed by atoms with van der Waals surface area (Å²) in [7, 11) is 1.94. The standard InChI is InChI=1S/C16H25N5S/c1-10-3-6-21(9-12(10)17)16(22)11-7-13(18-2)15-14(8-11)19-4-5-20-15/h7-8,10,12,18-20H,3-6,9,17H2,1-2H3/t10-,12+/m1/s1. The molecule has 0 amide bonds. The van der Waals surface area contributed by atoms with Crippen LogP contribution < -0.4 is 21.7 Å². The van der Waals surface area contributed by atoms with Gasteiger partial charge in [0.15, 0.2) is 0 Å². The zero-order chi connectivity index (χ0) is 15.7. The number of piperidine rings is 1. The van der Waals surface area contributed by atoms with E-state index >= 15 is 0 Å². The van der Waals surface area contributed by atoms with Crippen LogP contribution in [0.4, 0.5) is 17.1 Å². The van der Waals surface area contributed by atoms with E-state index < -0.39 is 0 Å². The van der Waals surface area contributed by atoms with Gasteiger partial charge in [0, 0.05) is 44.8 Å². The summed E-state index contributed by atoms with van der Waals surface area (Å²) in [5, 5.41) is 10.1. The Morgan fingerprint density at radius 3 is 2.86 bits per heavy atom. The van der Waals surface area contributed by atoms with Crippen molar-refractivity contribution in [1.82, 2.24) is 4.90 Å². The fraction of sp³-hybridized carbons (Fsp3) is 0.562. The van der Waals surface area contributed by atoms with E-state index in [0.29, 0.717) is 5.92 Å². The molecule has 120 valence electrons. The molecule has 0 aromatic heterocycles. The molecule has 2 heterocycles. The summed E-state index contributed by atoms with van der Waals surface area (Å²) in [5.41, 5.74) is 10.6. The van der Waals surface area contributed by atoms with Crippen LogP contribution in [0.3, 0.4) is 0 Å². The summed E-state index contributed by atoms with van der Waals surface area (Å²) < 4.78 is 0. The van der Waals surface area contributed by atoms with Crippen LogP contribution >= 0.6 is 12.2 Å². The molecule has 2 atom stereocenters. The number of fused-ring (bicyclic) bond motifs is 1. The smallest absolute Gasteiger partial charge is 0.109 e. The first-order valence-electron chi connectivity index (χ1n) is 7.98. The summed E-state index contributed by atoms with van der Waals surface area (Å²) in [6.45, 7) is 5.92. The number of likely N-dealkylation sites (tertiary alicyclic amines) is 1. The van der Waals surface area contributed by atoms with Crippen LogP contribution in [-0.4, -0.2) is 49.2 Å². The molecule has 1 fully saturated rings. The third-order valence-electron chi connectivity index (χ3n) is 4.70. The Labute approximate surface area is 137 Å². The maximum Gasteiger partial charge on any atom is 0.109 e. The van der Waals surface area contributed by atoms with Gasteiger partial charge in [0.1, 0.15) is 4.99 Å². The average Bonchev–Trinajstić information content (AvgIpc) is 2.55. The summed E-state index contributed by atoms with van der Waals surface area (Å²) in [4.78, 5) is 3.14. The molecule has 5 N–H and O–H groups in total. The van der Waals surface area contributed by atoms with Gasteiger partial charge in [0.25, 0.3) is 0 Å². The normalized spacial score (nSPS) is 24.0. The van der Waals surface area contributed by atoms with Gasteiger partial charge in [-0.05, 0) is 24.5 Å². The Morgan fingerprint density at radius 1 is 1.36 bits per heavy atom. The lowest BCUT2D eigenvalue weighted by Gasteiger charge is -2.37. The van der Waals surface area contributed by atoms with Crippen molar-refractivity contribution in [3.8, 4) is 0 Å². The van der Waals surface area contributed by atoms with Crippen LogP contribution in [0.15, 0.2) is 12.1 Å². The van der Waals surface area contributed by atoms with E-state index in [9.17, 15) is 0 Å². The highest BCUT2D eigenvalue weighted by Gasteiger charge is 2.26. The lowest BCUT2D eigenvalue weighted by atomic mass is 9.94. The second-order valence-electron chi connectivity index (χ2n) is 6.23. The molecule has 2 aliphatic heterocycles. The first kappa shape index (κ1) is 15.4. The fourth-order valence-corrected chi connectivity index (χ4v) is 3.43. The van der Waals surface area contributed by atoms with Crippen molar-refractivity contribution in [3.05, 3.63) is 17.7 Å². The maximum atomic E-state index is 6.22. The largest absolute Gasteiger partial charge is 0.386 e. The predicted molar refractivity (Wildman–Crippen MR) is 98.0 cm³/mol. The Kier molecular flexibility index (Phi) is 4.40. The van der Waals surface area contributed by atoms with Crippen LogP contribution in [0.5, 0.6) is 0 Å². The van der Waals surface area contributed by atoms with Crippen LogP contribution in [0.2, 0.25) is 0 Å². The van der Waals surface area contributed by atoms with Crippen molar-refractivity contribution in [2.45, 2.75) is 19.4 Å². The summed E-state index contributed by atoms with van der Waals surface area (Å²) >= 11 is 5.74. The molecule has 0 aliphatic carbocycles. The Morgan fingerprint density at radius 2 is 2.14 bits per heavy atom. The number of rotatable bonds is 2. The Balaban J connectivity index is 1.86. The van der Waals surface area contributed by atoms with Crippen molar-refractivity contribution < 1.29 is 0 Å². The molecule has 0 radical (unpaired) electrons. The van der Waals surface area contributed by atoms with E-state index in [-0.39, 0.29) is 6.04 Å². The van der Waals surface area contributed by atoms with Gasteiger partial charge in [-0.1, -0.05) is 19.1 Å². The van der Waals surface area contributed by atoms with E-state index in [0.717, 1.165) is 60.2 Å². The molecule has 1 aromatic carbocycles. The van der Waals surface area contributed by atoms with Crippen LogP contribution in [-0.2, 0) is 0 Å². The number of nitrogens with one attached hydrogen (secondary N) is 3. The SMILES string of the molecule is CNc1cc(C(=S)N2CC[C@@H](C)[C@@H](N)C2)cc2c1NCCN2. The van der Waals surface area contributed by atoms with Crippen molar-refractivity contribution >= 4 is 34.3 Å². The summed E-state index contributed by atoms with van der Waals surface area (Å²) in [6.07, 6.45) is 1.10. The molecule has 2 aliphatic rings. The summed E-state index contributed by atoms with van der Waals surface area (Å²) in [6, 6.07) is 4.48. The van der Waals surface area contributed by atoms with Gasteiger partial charge in [0.05, 0.1) is 17.1 Å². The molecule has 6 heteroatoms. The van der Waals surface area contributed by atoms with Gasteiger partial charge in [-0.25, -0.2) is 0 Å². The molecule has 1 aromatic rings. The fourth-order valence-electron chi connectivity index (χ4n) is 3.14. The molecule has 0 saturated carbocycles. The van der Waals surface area contributed by atoms with Crippen molar-refractivity contribution in [2.24, 2.45) is 11.7 Å². The number of hydrogen-bond acceptors (Lipinski definition) is 5. The van der Waals surface area contributed by atoms with Gasteiger partial charge in [-0.3, -0.25) is 0 Å². The average molecular weight is 319 g/mol. The quantitative estimate of drug-likeness (QED) is 0.625. The lowest BCUT2D eigenvalue weighted by Crippen LogP contribution is -2.49. The first-order chi connectivity index (χ1) is 10.6. The van der Waals surface area contributed by atoms with Crippen molar-refractivity contribution in [2.75, 3.05) is 49.2 Å². The van der Waals surface area contributed by atoms with E-state index in [4.69, 9.17) is 18.0 Å². The molecule has 1 saturated heterocycles. The molecule has 0 spiro atoms. The third-order valence-corrected chi connectivity index (χ3v) is 5.19. The van der Waals surface area contributed by atoms with Gasteiger partial charge in [-0.2, -0.15) is 0 Å². The molecule has 0 unspecified atom stereocenters. The molecule has 22 heavy (non-hydrogen) atoms. The summed E-state index contributed by atoms with van der Waals surface area (Å²) in [5.74, 6) is 0.571. The highest BCUT2D eigenvalue weighted by Crippen LogP contribution is 2.34. The minimum Gasteiger partial charge on any atom is -0.386 e. The monoisotopic (exact) mass is 319 g/mol. The maximum absolute atomic E-state index is 6.22. The number of hydrogen-bond donors (Lipinski definition) is 4. The molecule has 3 rings (SSSR count). The van der Waals surface area contributed by atoms with Crippen LogP contribution in [0.25, 0.3) is 0 Å². The highest BCUT2D eigenvalue weighted by atomic mass is 32.1. The molecular formula is C16H25N5S. The topological polar surface area (TPSA) is 65.3 Å². The molecule has 5 nitrogen and oxygen atoms in total. The third kappa shape index (κ3) is 2.85. The van der Waals surface area contributed by atoms with Gasteiger partial charge >= 0.3 is 0 Å². The zero-order valence-electron chi connectivity index (χ0n) is 13.3. The molecule has 0 bridgehead atoms. The van der Waals surface area contributed by atoms with E-state index in [2.05, 4.69) is 39.9 Å². The van der Waals surface area contributed by atoms with Gasteiger partial charge < -0.3 is 26.6 Å². The first-order valence-corrected chi connectivity index (χ1v) is 8.39. The van der Waals surface area contributed by atoms with E-state index in [1.54, 1.807) is 0 Å². The number of thiocarbonyl (C=S) groups is 1. The van der Waals surface area contributed by atoms with Crippen molar-refractivity contribution in [3.63, 3.8) is 0 Å². The van der Waals surface area contributed by atoms with Gasteiger partial charge in [0.2, 0.25) is 0 Å². The number of anilines is 3. The van der Waals surface area contributed by atoms with E-state index in [1.807, 2.05) is 7.05 Å². The second-order valence-corrected chi connectivity index (χ2v) is 6.62. The van der Waals surface area contributed by atoms with Crippen molar-refractivity contribution in [1.29, 1.82) is 0 Å². The molecular weight excluding hydrogens is 294 g/mol. The Bertz CT molecular complexity index is 557. The van der Waals surface area contributed by atoms with Crippen LogP contribution in [0.1, 0.15) is 18.9 Å². The zero-order valence-corrected chi connectivity index (χ0v) is 14.1. The number of nitrogens with zero attached hydrogens (tertiary/aromatic N) is 1. The Hall–Kier alpha value is -1.53. The van der Waals surface area contributed by atoms with E-state index in [1.165, 1.54) is 0 Å². The number of benzene rings is 1. The minimum atomic E-state index is 0.202. The number of nitrogens with two attached hydrogens (primary N) is 1. The predicted octanol–water partition coefficient (Wildman–Crippen LogP) is 1.91. The van der Waals surface area contributed by atoms with Gasteiger partial charge in [-0.15, -0.1) is 0 Å². The van der Waals surface area contributed by atoms with Crippen LogP contribution in [0, 0.1) is 5.92 Å². The highest BCUT2D eigenvalue weighted by molar-refractivity contribution is 7.80. The lowest BCUT2D eigenvalue weighted by molar-refractivity contribution is 0.248. The second kappa shape index (κ2) is 6.30. The minimum absolute atomic E-state index is 0.202.